The first-order valence-electron chi connectivity index (χ1n) is 6.53. The van der Waals surface area contributed by atoms with Gasteiger partial charge in [-0.1, -0.05) is 31.5 Å². The minimum absolute atomic E-state index is 0.0137. The quantitative estimate of drug-likeness (QED) is 0.754. The number of halogens is 1. The van der Waals surface area contributed by atoms with Gasteiger partial charge < -0.3 is 10.4 Å². The average Bonchev–Trinajstić information content (AvgIpc) is 2.42. The Bertz CT molecular complexity index is 546. The van der Waals surface area contributed by atoms with Gasteiger partial charge in [-0.25, -0.2) is 14.8 Å². The van der Waals surface area contributed by atoms with E-state index in [9.17, 15) is 9.59 Å². The van der Waals surface area contributed by atoms with Crippen LogP contribution in [0.25, 0.3) is 0 Å². The van der Waals surface area contributed by atoms with E-state index in [1.54, 1.807) is 6.08 Å². The number of aromatic nitrogens is 2. The van der Waals surface area contributed by atoms with Gasteiger partial charge in [0.05, 0.1) is 11.2 Å². The van der Waals surface area contributed by atoms with E-state index in [4.69, 9.17) is 16.7 Å². The number of nitrogens with zero attached hydrogens (tertiary/aromatic N) is 2. The van der Waals surface area contributed by atoms with Crippen LogP contribution in [0.3, 0.4) is 0 Å². The van der Waals surface area contributed by atoms with Gasteiger partial charge in [-0.15, -0.1) is 6.58 Å². The molecule has 0 spiro atoms. The molecule has 1 amide bonds. The molecule has 2 N–H and O–H groups in total. The molecule has 1 atom stereocenters. The maximum atomic E-state index is 12.1. The fourth-order valence-electron chi connectivity index (χ4n) is 1.59. The molecule has 0 radical (unpaired) electrons. The van der Waals surface area contributed by atoms with Gasteiger partial charge in [0.2, 0.25) is 0 Å². The standard InChI is InChI=1S/C14H18ClN3O3/c1-4-5-6-10(14(20)21)17-13(19)11-9(15)7-16-12(18-11)8(2)3/h4,7-8,10H,1,5-6H2,2-3H3,(H,17,19)(H,20,21). The maximum Gasteiger partial charge on any atom is 0.326 e. The van der Waals surface area contributed by atoms with Gasteiger partial charge >= 0.3 is 5.97 Å². The van der Waals surface area contributed by atoms with Crippen LogP contribution in [-0.2, 0) is 4.79 Å². The largest absolute Gasteiger partial charge is 0.480 e. The van der Waals surface area contributed by atoms with Crippen molar-refractivity contribution in [3.05, 3.63) is 35.4 Å². The molecule has 0 fully saturated rings. The highest BCUT2D eigenvalue weighted by Crippen LogP contribution is 2.16. The summed E-state index contributed by atoms with van der Waals surface area (Å²) in [4.78, 5) is 31.4. The SMILES string of the molecule is C=CCCC(NC(=O)c1nc(C(C)C)ncc1Cl)C(=O)O. The van der Waals surface area contributed by atoms with E-state index in [2.05, 4.69) is 21.9 Å². The highest BCUT2D eigenvalue weighted by atomic mass is 35.5. The van der Waals surface area contributed by atoms with Crippen molar-refractivity contribution >= 4 is 23.5 Å². The molecular weight excluding hydrogens is 294 g/mol. The summed E-state index contributed by atoms with van der Waals surface area (Å²) in [6.07, 6.45) is 3.67. The van der Waals surface area contributed by atoms with Crippen molar-refractivity contribution in [3.8, 4) is 0 Å². The number of carboxylic acids is 1. The first kappa shape index (κ1) is 17.1. The molecule has 6 nitrogen and oxygen atoms in total. The van der Waals surface area contributed by atoms with E-state index in [-0.39, 0.29) is 23.1 Å². The fraction of sp³-hybridized carbons (Fsp3) is 0.429. The molecule has 0 aliphatic rings. The van der Waals surface area contributed by atoms with Gasteiger partial charge in [-0.05, 0) is 12.8 Å². The lowest BCUT2D eigenvalue weighted by Crippen LogP contribution is -2.41. The summed E-state index contributed by atoms with van der Waals surface area (Å²) in [7, 11) is 0. The molecule has 1 aromatic heterocycles. The van der Waals surface area contributed by atoms with Crippen molar-refractivity contribution in [2.75, 3.05) is 0 Å². The first-order valence-corrected chi connectivity index (χ1v) is 6.91. The lowest BCUT2D eigenvalue weighted by molar-refractivity contribution is -0.139. The molecule has 114 valence electrons. The Morgan fingerprint density at radius 2 is 2.19 bits per heavy atom. The number of carbonyl (C=O) groups is 2. The van der Waals surface area contributed by atoms with E-state index in [1.165, 1.54) is 6.20 Å². The number of nitrogens with one attached hydrogen (secondary N) is 1. The van der Waals surface area contributed by atoms with Crippen molar-refractivity contribution in [1.29, 1.82) is 0 Å². The summed E-state index contributed by atoms with van der Waals surface area (Å²) < 4.78 is 0. The number of rotatable bonds is 7. The molecule has 0 saturated heterocycles. The van der Waals surface area contributed by atoms with E-state index in [0.29, 0.717) is 12.2 Å². The number of hydrogen-bond donors (Lipinski definition) is 2. The van der Waals surface area contributed by atoms with Crippen LogP contribution in [0, 0.1) is 0 Å². The Morgan fingerprint density at radius 1 is 1.52 bits per heavy atom. The molecule has 1 heterocycles. The van der Waals surface area contributed by atoms with Gasteiger partial charge in [0, 0.05) is 5.92 Å². The molecule has 0 aromatic carbocycles. The Hall–Kier alpha value is -1.95. The predicted molar refractivity (Wildman–Crippen MR) is 79.5 cm³/mol. The third kappa shape index (κ3) is 4.82. The predicted octanol–water partition coefficient (Wildman–Crippen LogP) is 2.40. The normalized spacial score (nSPS) is 12.0. The lowest BCUT2D eigenvalue weighted by atomic mass is 10.1. The third-order valence-electron chi connectivity index (χ3n) is 2.76. The van der Waals surface area contributed by atoms with E-state index in [0.717, 1.165) is 0 Å². The van der Waals surface area contributed by atoms with Crippen LogP contribution in [0.4, 0.5) is 0 Å². The van der Waals surface area contributed by atoms with Crippen LogP contribution >= 0.6 is 11.6 Å². The summed E-state index contributed by atoms with van der Waals surface area (Å²) in [6, 6.07) is -1.01. The number of carbonyl (C=O) groups excluding carboxylic acids is 1. The molecule has 1 rings (SSSR count). The summed E-state index contributed by atoms with van der Waals surface area (Å²) in [5, 5.41) is 11.6. The van der Waals surface area contributed by atoms with E-state index in [1.807, 2.05) is 13.8 Å². The van der Waals surface area contributed by atoms with Crippen molar-refractivity contribution in [2.24, 2.45) is 0 Å². The molecule has 1 aromatic rings. The summed E-state index contributed by atoms with van der Waals surface area (Å²) >= 11 is 5.91. The number of hydrogen-bond acceptors (Lipinski definition) is 4. The van der Waals surface area contributed by atoms with Crippen molar-refractivity contribution < 1.29 is 14.7 Å². The molecule has 7 heteroatoms. The van der Waals surface area contributed by atoms with Gasteiger partial charge in [0.25, 0.3) is 5.91 Å². The Kier molecular flexibility index (Phi) is 6.30. The second kappa shape index (κ2) is 7.73. The molecular formula is C14H18ClN3O3. The number of aliphatic carboxylic acids is 1. The average molecular weight is 312 g/mol. The van der Waals surface area contributed by atoms with E-state index >= 15 is 0 Å². The molecule has 0 bridgehead atoms. The Morgan fingerprint density at radius 3 is 2.71 bits per heavy atom. The number of amides is 1. The molecule has 0 saturated carbocycles. The highest BCUT2D eigenvalue weighted by molar-refractivity contribution is 6.33. The minimum Gasteiger partial charge on any atom is -0.480 e. The van der Waals surface area contributed by atoms with Crippen LogP contribution in [0.2, 0.25) is 5.02 Å². The Labute approximate surface area is 128 Å². The van der Waals surface area contributed by atoms with Crippen molar-refractivity contribution in [1.82, 2.24) is 15.3 Å². The zero-order chi connectivity index (χ0) is 16.0. The van der Waals surface area contributed by atoms with Crippen LogP contribution in [0.1, 0.15) is 48.9 Å². The van der Waals surface area contributed by atoms with Crippen LogP contribution < -0.4 is 5.32 Å². The van der Waals surface area contributed by atoms with E-state index < -0.39 is 17.9 Å². The monoisotopic (exact) mass is 311 g/mol. The Balaban J connectivity index is 2.93. The molecule has 1 unspecified atom stereocenters. The van der Waals surface area contributed by atoms with Crippen LogP contribution in [0.15, 0.2) is 18.9 Å². The summed E-state index contributed by atoms with van der Waals surface area (Å²) in [5.74, 6) is -1.23. The zero-order valence-corrected chi connectivity index (χ0v) is 12.7. The first-order chi connectivity index (χ1) is 9.86. The van der Waals surface area contributed by atoms with Gasteiger partial charge in [-0.2, -0.15) is 0 Å². The number of allylic oxidation sites excluding steroid dienone is 1. The third-order valence-corrected chi connectivity index (χ3v) is 3.03. The fourth-order valence-corrected chi connectivity index (χ4v) is 1.76. The highest BCUT2D eigenvalue weighted by Gasteiger charge is 2.22. The lowest BCUT2D eigenvalue weighted by Gasteiger charge is -2.14. The van der Waals surface area contributed by atoms with Gasteiger partial charge in [-0.3, -0.25) is 4.79 Å². The number of carboxylic acid groups (broad SMARTS) is 1. The zero-order valence-electron chi connectivity index (χ0n) is 12.0. The van der Waals surface area contributed by atoms with Crippen molar-refractivity contribution in [3.63, 3.8) is 0 Å². The second-order valence-electron chi connectivity index (χ2n) is 4.81. The maximum absolute atomic E-state index is 12.1. The van der Waals surface area contributed by atoms with Gasteiger partial charge in [0.15, 0.2) is 0 Å². The molecule has 0 aliphatic carbocycles. The smallest absolute Gasteiger partial charge is 0.326 e. The van der Waals surface area contributed by atoms with Crippen LogP contribution in [-0.4, -0.2) is 33.0 Å². The van der Waals surface area contributed by atoms with Gasteiger partial charge in [0.1, 0.15) is 17.6 Å². The topological polar surface area (TPSA) is 92.2 Å². The second-order valence-corrected chi connectivity index (χ2v) is 5.22. The minimum atomic E-state index is -1.11. The summed E-state index contributed by atoms with van der Waals surface area (Å²) in [6.45, 7) is 7.30. The molecule has 21 heavy (non-hydrogen) atoms. The van der Waals surface area contributed by atoms with Crippen molar-refractivity contribution in [2.45, 2.75) is 38.6 Å². The molecule has 0 aliphatic heterocycles. The van der Waals surface area contributed by atoms with Crippen LogP contribution in [0.5, 0.6) is 0 Å². The summed E-state index contributed by atoms with van der Waals surface area (Å²) in [5.41, 5.74) is -0.0137.